The van der Waals surface area contributed by atoms with Crippen molar-refractivity contribution in [3.63, 3.8) is 0 Å². The summed E-state index contributed by atoms with van der Waals surface area (Å²) in [7, 11) is 0. The summed E-state index contributed by atoms with van der Waals surface area (Å²) in [5.74, 6) is 0. The van der Waals surface area contributed by atoms with Gasteiger partial charge in [-0.3, -0.25) is 10.4 Å². The molecule has 0 aromatic carbocycles. The Balaban J connectivity index is 2.31. The molecule has 6 heteroatoms. The molecule has 0 saturated heterocycles. The summed E-state index contributed by atoms with van der Waals surface area (Å²) in [5, 5.41) is 8.91. The van der Waals surface area contributed by atoms with Crippen molar-refractivity contribution in [3.8, 4) is 0 Å². The number of nitrogens with one attached hydrogen (secondary N) is 2. The van der Waals surface area contributed by atoms with Crippen LogP contribution in [-0.4, -0.2) is 22.9 Å². The topological polar surface area (TPSA) is 67.0 Å². The molecule has 78 valence electrons. The molecule has 0 aliphatic heterocycles. The summed E-state index contributed by atoms with van der Waals surface area (Å²) in [4.78, 5) is 11.1. The molecule has 0 atom stereocenters. The molecule has 1 heterocycles. The first-order valence-electron chi connectivity index (χ1n) is 4.36. The summed E-state index contributed by atoms with van der Waals surface area (Å²) in [6, 6.07) is 0. The number of rotatable bonds is 4. The fourth-order valence-electron chi connectivity index (χ4n) is 0.813. The van der Waals surface area contributed by atoms with Crippen LogP contribution in [0, 0.1) is 0 Å². The van der Waals surface area contributed by atoms with Crippen molar-refractivity contribution in [1.82, 2.24) is 10.2 Å². The lowest BCUT2D eigenvalue weighted by molar-refractivity contribution is 0.160. The standard InChI is InChI=1S/C8H12BrN3O2/c1-2-3-4-14-8(13)11-6-5-10-12-7(6)9/h5H,2-4H2,1H3,(H,10,12)(H,11,13). The van der Waals surface area contributed by atoms with Crippen LogP contribution in [0.5, 0.6) is 0 Å². The summed E-state index contributed by atoms with van der Waals surface area (Å²) >= 11 is 3.19. The lowest BCUT2D eigenvalue weighted by atomic mass is 10.4. The van der Waals surface area contributed by atoms with Crippen LogP contribution in [0.15, 0.2) is 10.8 Å². The molecule has 2 N–H and O–H groups in total. The van der Waals surface area contributed by atoms with E-state index in [1.54, 1.807) is 0 Å². The number of carbonyl (C=O) groups excluding carboxylic acids is 1. The highest BCUT2D eigenvalue weighted by molar-refractivity contribution is 9.10. The molecule has 1 aromatic heterocycles. The van der Waals surface area contributed by atoms with Gasteiger partial charge in [-0.1, -0.05) is 13.3 Å². The van der Waals surface area contributed by atoms with Gasteiger partial charge in [0, 0.05) is 0 Å². The number of anilines is 1. The van der Waals surface area contributed by atoms with Crippen LogP contribution in [0.3, 0.4) is 0 Å². The number of hydrogen-bond donors (Lipinski definition) is 2. The zero-order chi connectivity index (χ0) is 10.4. The van der Waals surface area contributed by atoms with Crippen molar-refractivity contribution < 1.29 is 9.53 Å². The molecule has 0 aliphatic rings. The van der Waals surface area contributed by atoms with Gasteiger partial charge in [-0.2, -0.15) is 5.10 Å². The first-order chi connectivity index (χ1) is 6.74. The number of unbranched alkanes of at least 4 members (excludes halogenated alkanes) is 1. The van der Waals surface area contributed by atoms with Gasteiger partial charge in [-0.25, -0.2) is 4.79 Å². The molecule has 0 fully saturated rings. The van der Waals surface area contributed by atoms with E-state index in [1.807, 2.05) is 6.92 Å². The van der Waals surface area contributed by atoms with Crippen molar-refractivity contribution in [2.75, 3.05) is 11.9 Å². The molecule has 0 unspecified atom stereocenters. The molecule has 5 nitrogen and oxygen atoms in total. The summed E-state index contributed by atoms with van der Waals surface area (Å²) in [5.41, 5.74) is 0.575. The molecular weight excluding hydrogens is 250 g/mol. The Morgan fingerprint density at radius 3 is 3.14 bits per heavy atom. The maximum absolute atomic E-state index is 11.1. The number of amides is 1. The average Bonchev–Trinajstić information content (AvgIpc) is 2.52. The maximum Gasteiger partial charge on any atom is 0.411 e. The van der Waals surface area contributed by atoms with Gasteiger partial charge in [0.15, 0.2) is 0 Å². The third kappa shape index (κ3) is 3.37. The second kappa shape index (κ2) is 5.64. The van der Waals surface area contributed by atoms with Gasteiger partial charge >= 0.3 is 6.09 Å². The summed E-state index contributed by atoms with van der Waals surface area (Å²) in [6.45, 7) is 2.48. The highest BCUT2D eigenvalue weighted by atomic mass is 79.9. The van der Waals surface area contributed by atoms with E-state index in [-0.39, 0.29) is 0 Å². The maximum atomic E-state index is 11.1. The van der Waals surface area contributed by atoms with E-state index in [4.69, 9.17) is 4.74 Å². The van der Waals surface area contributed by atoms with Crippen LogP contribution in [0.25, 0.3) is 0 Å². The van der Waals surface area contributed by atoms with Crippen LogP contribution in [0.2, 0.25) is 0 Å². The molecule has 0 aliphatic carbocycles. The Morgan fingerprint density at radius 2 is 2.57 bits per heavy atom. The fourth-order valence-corrected chi connectivity index (χ4v) is 1.12. The minimum atomic E-state index is -0.458. The van der Waals surface area contributed by atoms with Gasteiger partial charge < -0.3 is 4.74 Å². The Kier molecular flexibility index (Phi) is 4.45. The Bertz CT molecular complexity index is 301. The van der Waals surface area contributed by atoms with E-state index in [1.165, 1.54) is 6.20 Å². The molecule has 0 radical (unpaired) electrons. The normalized spacial score (nSPS) is 9.86. The number of aromatic nitrogens is 2. The largest absolute Gasteiger partial charge is 0.449 e. The Labute approximate surface area is 90.3 Å². The van der Waals surface area contributed by atoms with Gasteiger partial charge in [-0.15, -0.1) is 0 Å². The molecule has 0 spiro atoms. The first-order valence-corrected chi connectivity index (χ1v) is 5.16. The zero-order valence-electron chi connectivity index (χ0n) is 7.84. The van der Waals surface area contributed by atoms with Crippen LogP contribution >= 0.6 is 15.9 Å². The third-order valence-electron chi connectivity index (χ3n) is 1.56. The average molecular weight is 262 g/mol. The number of carbonyl (C=O) groups is 1. The van der Waals surface area contributed by atoms with Crippen molar-refractivity contribution in [2.24, 2.45) is 0 Å². The van der Waals surface area contributed by atoms with Crippen LogP contribution < -0.4 is 5.32 Å². The second-order valence-electron chi connectivity index (χ2n) is 2.71. The number of nitrogens with zero attached hydrogens (tertiary/aromatic N) is 1. The van der Waals surface area contributed by atoms with Gasteiger partial charge in [0.2, 0.25) is 0 Å². The molecule has 1 amide bonds. The van der Waals surface area contributed by atoms with Gasteiger partial charge in [0.05, 0.1) is 18.5 Å². The van der Waals surface area contributed by atoms with E-state index >= 15 is 0 Å². The van der Waals surface area contributed by atoms with Crippen molar-refractivity contribution >= 4 is 27.7 Å². The van der Waals surface area contributed by atoms with Gasteiger partial charge in [0.1, 0.15) is 4.60 Å². The molecule has 14 heavy (non-hydrogen) atoms. The zero-order valence-corrected chi connectivity index (χ0v) is 9.43. The van der Waals surface area contributed by atoms with Crippen LogP contribution in [0.1, 0.15) is 19.8 Å². The monoisotopic (exact) mass is 261 g/mol. The predicted molar refractivity (Wildman–Crippen MR) is 56.2 cm³/mol. The lowest BCUT2D eigenvalue weighted by Gasteiger charge is -2.04. The van der Waals surface area contributed by atoms with Gasteiger partial charge in [-0.05, 0) is 22.4 Å². The minimum Gasteiger partial charge on any atom is -0.449 e. The minimum absolute atomic E-state index is 0.442. The first kappa shape index (κ1) is 11.0. The molecule has 0 bridgehead atoms. The van der Waals surface area contributed by atoms with E-state index in [0.717, 1.165) is 12.8 Å². The number of aromatic amines is 1. The van der Waals surface area contributed by atoms with E-state index in [0.29, 0.717) is 16.9 Å². The highest BCUT2D eigenvalue weighted by Crippen LogP contribution is 2.17. The van der Waals surface area contributed by atoms with Crippen molar-refractivity contribution in [1.29, 1.82) is 0 Å². The highest BCUT2D eigenvalue weighted by Gasteiger charge is 2.06. The number of H-pyrrole nitrogens is 1. The Hall–Kier alpha value is -1.04. The van der Waals surface area contributed by atoms with Crippen molar-refractivity contribution in [2.45, 2.75) is 19.8 Å². The number of hydrogen-bond acceptors (Lipinski definition) is 3. The van der Waals surface area contributed by atoms with E-state index in [9.17, 15) is 4.79 Å². The summed E-state index contributed by atoms with van der Waals surface area (Å²) < 4.78 is 5.53. The van der Waals surface area contributed by atoms with Crippen LogP contribution in [0.4, 0.5) is 10.5 Å². The number of ether oxygens (including phenoxy) is 1. The number of halogens is 1. The lowest BCUT2D eigenvalue weighted by Crippen LogP contribution is -2.14. The molecule has 1 aromatic rings. The smallest absolute Gasteiger partial charge is 0.411 e. The fraction of sp³-hybridized carbons (Fsp3) is 0.500. The third-order valence-corrected chi connectivity index (χ3v) is 2.17. The Morgan fingerprint density at radius 1 is 1.79 bits per heavy atom. The van der Waals surface area contributed by atoms with Crippen molar-refractivity contribution in [3.05, 3.63) is 10.8 Å². The van der Waals surface area contributed by atoms with E-state index < -0.39 is 6.09 Å². The molecular formula is C8H12BrN3O2. The summed E-state index contributed by atoms with van der Waals surface area (Å²) in [6.07, 6.45) is 2.92. The van der Waals surface area contributed by atoms with E-state index in [2.05, 4.69) is 31.4 Å². The van der Waals surface area contributed by atoms with Crippen LogP contribution in [-0.2, 0) is 4.74 Å². The predicted octanol–water partition coefficient (Wildman–Crippen LogP) is 2.52. The quantitative estimate of drug-likeness (QED) is 0.819. The molecule has 0 saturated carbocycles. The SMILES string of the molecule is CCCCOC(=O)Nc1cn[nH]c1Br. The second-order valence-corrected chi connectivity index (χ2v) is 3.51. The molecule has 1 rings (SSSR count). The van der Waals surface area contributed by atoms with Gasteiger partial charge in [0.25, 0.3) is 0 Å².